The number of ether oxygens (including phenoxy) is 3. The molecule has 0 amide bonds. The molecule has 2 saturated heterocycles. The van der Waals surface area contributed by atoms with Gasteiger partial charge in [-0.3, -0.25) is 0 Å². The number of H-pyrrole nitrogens is 1. The van der Waals surface area contributed by atoms with Gasteiger partial charge in [-0.2, -0.15) is 0 Å². The third-order valence-electron chi connectivity index (χ3n) is 4.78. The predicted molar refractivity (Wildman–Crippen MR) is 100 cm³/mol. The van der Waals surface area contributed by atoms with Gasteiger partial charge in [-0.25, -0.2) is 0 Å². The summed E-state index contributed by atoms with van der Waals surface area (Å²) in [6.07, 6.45) is 1.36. The summed E-state index contributed by atoms with van der Waals surface area (Å²) < 4.78 is 20.6. The molecule has 2 aliphatic rings. The summed E-state index contributed by atoms with van der Waals surface area (Å²) in [4.78, 5) is 26.4. The summed E-state index contributed by atoms with van der Waals surface area (Å²) in [6.45, 7) is 5.84. The molecule has 3 heterocycles. The Hall–Kier alpha value is -1.70. The first-order valence-corrected chi connectivity index (χ1v) is 10.6. The Balaban J connectivity index is 1.70. The van der Waals surface area contributed by atoms with Gasteiger partial charge in [-0.05, 0) is 0 Å². The second-order valence-electron chi connectivity index (χ2n) is 7.31. The van der Waals surface area contributed by atoms with Crippen molar-refractivity contribution in [2.24, 2.45) is 0 Å². The topological polar surface area (TPSA) is 82.6 Å². The molecule has 0 radical (unpaired) electrons. The molecule has 2 fully saturated rings. The SMILES string of the molecule is Cc1cn([C@H]2C[C@H]3OC(C)(C)OC[C@@]3([Se]c3ccccc3)O2)c(=O)[nH]c1=O. The van der Waals surface area contributed by atoms with Gasteiger partial charge in [0.25, 0.3) is 0 Å². The number of hydrogen-bond donors (Lipinski definition) is 1. The van der Waals surface area contributed by atoms with Gasteiger partial charge in [-0.15, -0.1) is 0 Å². The summed E-state index contributed by atoms with van der Waals surface area (Å²) in [5, 5.41) is 0. The molecule has 0 aliphatic carbocycles. The molecular weight excluding hydrogens is 415 g/mol. The first-order chi connectivity index (χ1) is 12.8. The van der Waals surface area contributed by atoms with Gasteiger partial charge in [0, 0.05) is 0 Å². The molecular formula is C19H22N2O5Se. The molecule has 2 aromatic rings. The van der Waals surface area contributed by atoms with Gasteiger partial charge in [0.05, 0.1) is 0 Å². The summed E-state index contributed by atoms with van der Waals surface area (Å²) in [5.74, 6) is -0.703. The number of aromatic amines is 1. The number of aryl methyl sites for hydroxylation is 1. The summed E-state index contributed by atoms with van der Waals surface area (Å²) >= 11 is -0.0784. The van der Waals surface area contributed by atoms with E-state index < -0.39 is 22.2 Å². The molecule has 27 heavy (non-hydrogen) atoms. The number of fused-ring (bicyclic) bond motifs is 1. The van der Waals surface area contributed by atoms with E-state index in [-0.39, 0.29) is 26.6 Å². The molecule has 1 aromatic carbocycles. The Morgan fingerprint density at radius 1 is 1.19 bits per heavy atom. The van der Waals surface area contributed by atoms with Crippen molar-refractivity contribution in [3.05, 3.63) is 62.9 Å². The van der Waals surface area contributed by atoms with Crippen LogP contribution in [0.1, 0.15) is 32.1 Å². The third-order valence-corrected chi connectivity index (χ3v) is 7.57. The standard InChI is InChI=1S/C19H22N2O5Se/c1-12-10-21(17(23)20-16(12)22)15-9-14-19(26-15,11-24-18(2,3)25-14)27-13-7-5-4-6-8-13/h4-8,10,14-15H,9,11H2,1-3H3,(H,20,22,23)/t14-,15-,19+/m1/s1. The van der Waals surface area contributed by atoms with E-state index in [0.29, 0.717) is 18.6 Å². The van der Waals surface area contributed by atoms with Crippen molar-refractivity contribution < 1.29 is 14.2 Å². The fourth-order valence-corrected chi connectivity index (χ4v) is 6.02. The van der Waals surface area contributed by atoms with Gasteiger partial charge in [0.2, 0.25) is 0 Å². The Labute approximate surface area is 162 Å². The van der Waals surface area contributed by atoms with E-state index in [0.717, 1.165) is 0 Å². The summed E-state index contributed by atoms with van der Waals surface area (Å²) in [6, 6.07) is 10.1. The van der Waals surface area contributed by atoms with Crippen molar-refractivity contribution in [2.75, 3.05) is 6.61 Å². The zero-order chi connectivity index (χ0) is 19.2. The Bertz CT molecular complexity index is 955. The molecule has 0 unspecified atom stereocenters. The minimum absolute atomic E-state index is 0.0784. The molecule has 1 N–H and O–H groups in total. The molecule has 7 nitrogen and oxygen atoms in total. The first kappa shape index (κ1) is 18.7. The van der Waals surface area contributed by atoms with E-state index >= 15 is 0 Å². The van der Waals surface area contributed by atoms with Crippen molar-refractivity contribution in [1.82, 2.24) is 9.55 Å². The van der Waals surface area contributed by atoms with Crippen LogP contribution in [0.25, 0.3) is 0 Å². The Kier molecular flexibility index (Phi) is 4.64. The number of rotatable bonds is 3. The Morgan fingerprint density at radius 2 is 1.93 bits per heavy atom. The fraction of sp³-hybridized carbons (Fsp3) is 0.474. The molecule has 0 spiro atoms. The van der Waals surface area contributed by atoms with Crippen molar-refractivity contribution in [2.45, 2.75) is 49.8 Å². The van der Waals surface area contributed by atoms with Gasteiger partial charge in [0.1, 0.15) is 0 Å². The summed E-state index contributed by atoms with van der Waals surface area (Å²) in [5.41, 5.74) is -0.388. The van der Waals surface area contributed by atoms with Crippen LogP contribution in [0.15, 0.2) is 46.1 Å². The second-order valence-corrected chi connectivity index (χ2v) is 10.2. The molecule has 144 valence electrons. The van der Waals surface area contributed by atoms with Gasteiger partial charge in [-0.1, -0.05) is 0 Å². The maximum absolute atomic E-state index is 12.3. The van der Waals surface area contributed by atoms with Gasteiger partial charge < -0.3 is 0 Å². The fourth-order valence-electron chi connectivity index (χ4n) is 3.41. The molecule has 3 atom stereocenters. The van der Waals surface area contributed by atoms with Crippen LogP contribution in [0, 0.1) is 6.92 Å². The van der Waals surface area contributed by atoms with E-state index in [9.17, 15) is 9.59 Å². The molecule has 0 bridgehead atoms. The normalized spacial score (nSPS) is 29.4. The number of nitrogens with zero attached hydrogens (tertiary/aromatic N) is 1. The van der Waals surface area contributed by atoms with Crippen LogP contribution in [0.2, 0.25) is 0 Å². The van der Waals surface area contributed by atoms with Gasteiger partial charge in [0.15, 0.2) is 0 Å². The zero-order valence-electron chi connectivity index (χ0n) is 15.4. The number of benzene rings is 1. The van der Waals surface area contributed by atoms with E-state index in [1.807, 2.05) is 32.0 Å². The van der Waals surface area contributed by atoms with E-state index in [2.05, 4.69) is 17.1 Å². The summed E-state index contributed by atoms with van der Waals surface area (Å²) in [7, 11) is 0. The Morgan fingerprint density at radius 3 is 2.67 bits per heavy atom. The second kappa shape index (κ2) is 6.72. The van der Waals surface area contributed by atoms with E-state index in [1.165, 1.54) is 9.03 Å². The molecule has 1 aromatic heterocycles. The van der Waals surface area contributed by atoms with Crippen LogP contribution in [-0.4, -0.2) is 47.5 Å². The quantitative estimate of drug-likeness (QED) is 0.713. The van der Waals surface area contributed by atoms with Gasteiger partial charge >= 0.3 is 163 Å². The van der Waals surface area contributed by atoms with Crippen LogP contribution in [-0.2, 0) is 14.2 Å². The van der Waals surface area contributed by atoms with Crippen LogP contribution < -0.4 is 15.7 Å². The predicted octanol–water partition coefficient (Wildman–Crippen LogP) is 0.641. The van der Waals surface area contributed by atoms with Crippen LogP contribution >= 0.6 is 0 Å². The van der Waals surface area contributed by atoms with Crippen molar-refractivity contribution in [3.8, 4) is 0 Å². The van der Waals surface area contributed by atoms with E-state index in [1.54, 1.807) is 13.1 Å². The number of hydrogen-bond acceptors (Lipinski definition) is 5. The average molecular weight is 437 g/mol. The number of aromatic nitrogens is 2. The molecule has 2 aliphatic heterocycles. The molecule has 0 saturated carbocycles. The third kappa shape index (κ3) is 3.56. The average Bonchev–Trinajstić information content (AvgIpc) is 2.96. The van der Waals surface area contributed by atoms with Crippen molar-refractivity contribution >= 4 is 19.4 Å². The van der Waals surface area contributed by atoms with Crippen LogP contribution in [0.3, 0.4) is 0 Å². The maximum atomic E-state index is 12.3. The zero-order valence-corrected chi connectivity index (χ0v) is 17.1. The van der Waals surface area contributed by atoms with Crippen LogP contribution in [0.5, 0.6) is 0 Å². The first-order valence-electron chi connectivity index (χ1n) is 8.84. The monoisotopic (exact) mass is 438 g/mol. The van der Waals surface area contributed by atoms with Crippen molar-refractivity contribution in [1.29, 1.82) is 0 Å². The van der Waals surface area contributed by atoms with E-state index in [4.69, 9.17) is 14.2 Å². The number of nitrogens with one attached hydrogen (secondary N) is 1. The minimum atomic E-state index is -0.703. The molecule has 4 rings (SSSR count). The van der Waals surface area contributed by atoms with Crippen molar-refractivity contribution in [3.63, 3.8) is 0 Å². The molecule has 8 heteroatoms. The van der Waals surface area contributed by atoms with Crippen LogP contribution in [0.4, 0.5) is 0 Å².